The number of amides is 2. The Labute approximate surface area is 244 Å². The number of aliphatic hydroxyl groups excluding tert-OH is 1. The topological polar surface area (TPSA) is 123 Å². The van der Waals surface area contributed by atoms with Crippen LogP contribution in [0.4, 0.5) is 4.79 Å². The van der Waals surface area contributed by atoms with E-state index in [2.05, 4.69) is 16.6 Å². The number of halogens is 2. The van der Waals surface area contributed by atoms with E-state index in [1.54, 1.807) is 43.9 Å². The predicted molar refractivity (Wildman–Crippen MR) is 155 cm³/mol. The summed E-state index contributed by atoms with van der Waals surface area (Å²) < 4.78 is 27.0. The number of alkyl carbamates (subject to hydrolysis) is 1. The second kappa shape index (κ2) is 14.3. The second-order valence-corrected chi connectivity index (χ2v) is 14.3. The summed E-state index contributed by atoms with van der Waals surface area (Å²) in [6.07, 6.45) is 0.654. The number of rotatable bonds is 10. The number of hydrogen-bond donors (Lipinski definition) is 3. The molecule has 1 heterocycles. The summed E-state index contributed by atoms with van der Waals surface area (Å²) in [5.41, 5.74) is 0.0304. The Morgan fingerprint density at radius 1 is 1.21 bits per heavy atom. The van der Waals surface area contributed by atoms with Gasteiger partial charge in [-0.1, -0.05) is 35.9 Å². The largest absolute Gasteiger partial charge is 0.598 e. The van der Waals surface area contributed by atoms with Gasteiger partial charge in [-0.2, -0.15) is 0 Å². The van der Waals surface area contributed by atoms with Gasteiger partial charge in [0.05, 0.1) is 22.6 Å². The van der Waals surface area contributed by atoms with Gasteiger partial charge in [-0.25, -0.2) is 4.79 Å². The molecule has 0 bridgehead atoms. The maximum atomic E-state index is 13.2. The number of hydrogen-bond acceptors (Lipinski definition) is 7. The minimum absolute atomic E-state index is 0.0271. The molecule has 1 saturated heterocycles. The normalized spacial score (nSPS) is 17.2. The van der Waals surface area contributed by atoms with Crippen molar-refractivity contribution >= 4 is 46.6 Å². The fourth-order valence-corrected chi connectivity index (χ4v) is 5.24. The molecule has 0 aromatic heterocycles. The van der Waals surface area contributed by atoms with E-state index in [4.69, 9.17) is 32.7 Å². The van der Waals surface area contributed by atoms with Crippen LogP contribution in [0.3, 0.4) is 0 Å². The van der Waals surface area contributed by atoms with E-state index in [9.17, 15) is 19.2 Å². The Bertz CT molecular complexity index is 1010. The van der Waals surface area contributed by atoms with E-state index in [-0.39, 0.29) is 19.1 Å². The highest BCUT2D eigenvalue weighted by atomic mass is 35.5. The van der Waals surface area contributed by atoms with Gasteiger partial charge in [0.25, 0.3) is 5.91 Å². The van der Waals surface area contributed by atoms with Crippen LogP contribution < -0.4 is 14.8 Å². The van der Waals surface area contributed by atoms with Gasteiger partial charge in [0.2, 0.25) is 0 Å². The third kappa shape index (κ3) is 10.3. The Hall–Kier alpha value is -1.69. The smallest absolute Gasteiger partial charge is 0.407 e. The summed E-state index contributed by atoms with van der Waals surface area (Å²) in [5.74, 6) is 0.00684. The van der Waals surface area contributed by atoms with Crippen molar-refractivity contribution in [1.82, 2.24) is 14.9 Å². The third-order valence-corrected chi connectivity index (χ3v) is 8.28. The zero-order chi connectivity index (χ0) is 29.5. The van der Waals surface area contributed by atoms with Crippen molar-refractivity contribution in [2.45, 2.75) is 76.9 Å². The lowest BCUT2D eigenvalue weighted by Gasteiger charge is -2.38. The summed E-state index contributed by atoms with van der Waals surface area (Å²) in [7, 11) is 0. The molecule has 2 rings (SSSR count). The van der Waals surface area contributed by atoms with Gasteiger partial charge in [-0.3, -0.25) is 4.79 Å². The molecule has 39 heavy (non-hydrogen) atoms. The summed E-state index contributed by atoms with van der Waals surface area (Å²) in [4.78, 5) is 26.3. The second-order valence-electron chi connectivity index (χ2n) is 11.4. The predicted octanol–water partition coefficient (Wildman–Crippen LogP) is 4.78. The molecule has 1 aromatic rings. The van der Waals surface area contributed by atoms with Crippen LogP contribution in [0.5, 0.6) is 5.75 Å². The summed E-state index contributed by atoms with van der Waals surface area (Å²) >= 11 is 11.2. The molecule has 0 spiro atoms. The molecule has 1 aliphatic rings. The first kappa shape index (κ1) is 33.5. The number of piperidine rings is 1. The van der Waals surface area contributed by atoms with Gasteiger partial charge in [0.15, 0.2) is 0 Å². The number of aliphatic hydroxyl groups is 1. The minimum atomic E-state index is -1.41. The molecule has 220 valence electrons. The highest BCUT2D eigenvalue weighted by molar-refractivity contribution is 7.90. The van der Waals surface area contributed by atoms with E-state index < -0.39 is 45.9 Å². The van der Waals surface area contributed by atoms with E-state index in [0.717, 1.165) is 5.56 Å². The van der Waals surface area contributed by atoms with Crippen molar-refractivity contribution in [2.75, 3.05) is 26.2 Å². The van der Waals surface area contributed by atoms with Crippen LogP contribution in [0.1, 0.15) is 66.0 Å². The first-order valence-corrected chi connectivity index (χ1v) is 14.8. The maximum Gasteiger partial charge on any atom is 0.407 e. The lowest BCUT2D eigenvalue weighted by atomic mass is 9.85. The van der Waals surface area contributed by atoms with Crippen LogP contribution in [0, 0.1) is 5.92 Å². The standard InChI is InChI=1S/C27H41Cl2N3O6S/c1-8-13-37-22-15-20(29)19(28)14-18(22)23(31-39(36)27(5,6)7)17-9-11-32(12-10-17)24(34)21(33)16-30-25(35)38-26(2,3)4/h8,14-15,17,21,23,31,33H,1,9-13,16H2,2-7H3,(H,30,35). The molecule has 1 aromatic carbocycles. The van der Waals surface area contributed by atoms with Crippen LogP contribution in [-0.2, 0) is 20.9 Å². The molecular formula is C27H41Cl2N3O6S. The van der Waals surface area contributed by atoms with Crippen LogP contribution >= 0.6 is 23.2 Å². The molecule has 0 radical (unpaired) electrons. The third-order valence-electron chi connectivity index (χ3n) is 5.98. The first-order valence-electron chi connectivity index (χ1n) is 12.9. The summed E-state index contributed by atoms with van der Waals surface area (Å²) in [6.45, 7) is 15.3. The van der Waals surface area contributed by atoms with Crippen LogP contribution in [0.15, 0.2) is 24.8 Å². The Kier molecular flexibility index (Phi) is 12.3. The zero-order valence-electron chi connectivity index (χ0n) is 23.5. The van der Waals surface area contributed by atoms with Crippen molar-refractivity contribution in [3.8, 4) is 5.75 Å². The van der Waals surface area contributed by atoms with Gasteiger partial charge >= 0.3 is 6.09 Å². The maximum absolute atomic E-state index is 13.2. The van der Waals surface area contributed by atoms with Gasteiger partial charge in [-0.05, 0) is 66.4 Å². The number of nitrogens with one attached hydrogen (secondary N) is 2. The number of nitrogens with zero attached hydrogens (tertiary/aromatic N) is 1. The molecular weight excluding hydrogens is 565 g/mol. The average Bonchev–Trinajstić information content (AvgIpc) is 2.84. The number of benzene rings is 1. The van der Waals surface area contributed by atoms with E-state index in [0.29, 0.717) is 41.7 Å². The molecule has 3 atom stereocenters. The number of carbonyl (C=O) groups is 2. The molecule has 0 saturated carbocycles. The van der Waals surface area contributed by atoms with E-state index in [1.165, 1.54) is 0 Å². The lowest BCUT2D eigenvalue weighted by Crippen LogP contribution is -2.50. The highest BCUT2D eigenvalue weighted by Gasteiger charge is 2.38. The summed E-state index contributed by atoms with van der Waals surface area (Å²) in [6, 6.07) is 2.96. The lowest BCUT2D eigenvalue weighted by molar-refractivity contribution is -0.141. The number of likely N-dealkylation sites (tertiary alicyclic amines) is 1. The quantitative estimate of drug-likeness (QED) is 0.259. The van der Waals surface area contributed by atoms with Crippen molar-refractivity contribution in [3.05, 3.63) is 40.4 Å². The summed E-state index contributed by atoms with van der Waals surface area (Å²) in [5, 5.41) is 13.5. The van der Waals surface area contributed by atoms with Gasteiger partial charge < -0.3 is 29.3 Å². The van der Waals surface area contributed by atoms with Gasteiger partial charge in [-0.15, -0.1) is 4.72 Å². The van der Waals surface area contributed by atoms with Crippen molar-refractivity contribution < 1.29 is 28.7 Å². The monoisotopic (exact) mass is 605 g/mol. The Morgan fingerprint density at radius 2 is 1.79 bits per heavy atom. The Morgan fingerprint density at radius 3 is 2.33 bits per heavy atom. The molecule has 3 N–H and O–H groups in total. The van der Waals surface area contributed by atoms with Crippen LogP contribution in [0.25, 0.3) is 0 Å². The molecule has 12 heteroatoms. The fraction of sp³-hybridized carbons (Fsp3) is 0.630. The van der Waals surface area contributed by atoms with Crippen LogP contribution in [0.2, 0.25) is 10.0 Å². The van der Waals surface area contributed by atoms with Gasteiger partial charge in [0, 0.05) is 36.1 Å². The molecule has 2 amide bonds. The molecule has 1 aliphatic heterocycles. The van der Waals surface area contributed by atoms with Crippen LogP contribution in [-0.4, -0.2) is 69.3 Å². The number of carbonyl (C=O) groups excluding carboxylic acids is 2. The highest BCUT2D eigenvalue weighted by Crippen LogP contribution is 2.41. The van der Waals surface area contributed by atoms with E-state index in [1.807, 2.05) is 20.8 Å². The van der Waals surface area contributed by atoms with Crippen molar-refractivity contribution in [2.24, 2.45) is 5.92 Å². The SMILES string of the molecule is C=CCOc1cc(Cl)c(Cl)cc1C(N[S+]([O-])C(C)(C)C)C1CCN(C(=O)C(O)CNC(=O)OC(C)(C)C)CC1. The van der Waals surface area contributed by atoms with E-state index >= 15 is 0 Å². The molecule has 3 unspecified atom stereocenters. The van der Waals surface area contributed by atoms with Crippen molar-refractivity contribution in [3.63, 3.8) is 0 Å². The fourth-order valence-electron chi connectivity index (χ4n) is 4.01. The molecule has 0 aliphatic carbocycles. The van der Waals surface area contributed by atoms with Gasteiger partial charge in [0.1, 0.15) is 28.8 Å². The molecule has 9 nitrogen and oxygen atoms in total. The molecule has 1 fully saturated rings. The number of ether oxygens (including phenoxy) is 2. The zero-order valence-corrected chi connectivity index (χ0v) is 25.8. The first-order chi connectivity index (χ1) is 18.0. The average molecular weight is 607 g/mol. The Balaban J connectivity index is 2.17. The minimum Gasteiger partial charge on any atom is -0.598 e. The van der Waals surface area contributed by atoms with Crippen molar-refractivity contribution in [1.29, 1.82) is 0 Å².